The zero-order valence-corrected chi connectivity index (χ0v) is 15.3. The Morgan fingerprint density at radius 2 is 1.96 bits per heavy atom. The van der Waals surface area contributed by atoms with E-state index < -0.39 is 0 Å². The molecule has 0 aliphatic carbocycles. The second-order valence-corrected chi connectivity index (χ2v) is 7.24. The maximum Gasteiger partial charge on any atom is 0.337 e. The minimum absolute atomic E-state index is 0.0314. The third-order valence-electron chi connectivity index (χ3n) is 4.56. The highest BCUT2D eigenvalue weighted by molar-refractivity contribution is 8.00. The van der Waals surface area contributed by atoms with Gasteiger partial charge in [-0.25, -0.2) is 4.79 Å². The van der Waals surface area contributed by atoms with Gasteiger partial charge in [0.1, 0.15) is 5.37 Å². The van der Waals surface area contributed by atoms with Crippen LogP contribution in [0.3, 0.4) is 0 Å². The van der Waals surface area contributed by atoms with Crippen molar-refractivity contribution in [3.63, 3.8) is 0 Å². The Bertz CT molecular complexity index is 602. The molecule has 1 aromatic carbocycles. The molecule has 0 radical (unpaired) electrons. The van der Waals surface area contributed by atoms with Gasteiger partial charge in [-0.1, -0.05) is 12.1 Å². The first kappa shape index (κ1) is 18.2. The maximum atomic E-state index is 12.3. The number of amides is 1. The molecular formula is C18H24N2O4S. The molecule has 1 atom stereocenters. The van der Waals surface area contributed by atoms with Crippen molar-refractivity contribution in [2.24, 2.45) is 0 Å². The van der Waals surface area contributed by atoms with Crippen LogP contribution in [0.5, 0.6) is 0 Å². The highest BCUT2D eigenvalue weighted by Gasteiger charge is 2.32. The van der Waals surface area contributed by atoms with E-state index >= 15 is 0 Å². The van der Waals surface area contributed by atoms with E-state index in [9.17, 15) is 9.59 Å². The van der Waals surface area contributed by atoms with Gasteiger partial charge in [-0.2, -0.15) is 0 Å². The summed E-state index contributed by atoms with van der Waals surface area (Å²) in [5.74, 6) is 0.360. The lowest BCUT2D eigenvalue weighted by Gasteiger charge is -2.29. The fourth-order valence-electron chi connectivity index (χ4n) is 3.16. The summed E-state index contributed by atoms with van der Waals surface area (Å²) in [6.45, 7) is 5.29. The second-order valence-electron chi connectivity index (χ2n) is 6.17. The van der Waals surface area contributed by atoms with Crippen molar-refractivity contribution in [1.29, 1.82) is 0 Å². The minimum Gasteiger partial charge on any atom is -0.465 e. The van der Waals surface area contributed by atoms with Crippen LogP contribution in [-0.2, 0) is 14.3 Å². The van der Waals surface area contributed by atoms with Crippen LogP contribution in [0.2, 0.25) is 0 Å². The van der Waals surface area contributed by atoms with Gasteiger partial charge in [0, 0.05) is 26.2 Å². The average molecular weight is 364 g/mol. The fourth-order valence-corrected chi connectivity index (χ4v) is 4.38. The summed E-state index contributed by atoms with van der Waals surface area (Å²) in [4.78, 5) is 28.2. The molecule has 1 amide bonds. The molecule has 3 rings (SSSR count). The molecule has 2 aliphatic rings. The Morgan fingerprint density at radius 1 is 1.24 bits per heavy atom. The van der Waals surface area contributed by atoms with Gasteiger partial charge >= 0.3 is 5.97 Å². The zero-order chi connectivity index (χ0) is 17.6. The van der Waals surface area contributed by atoms with Crippen molar-refractivity contribution in [3.05, 3.63) is 35.4 Å². The third kappa shape index (κ3) is 4.54. The summed E-state index contributed by atoms with van der Waals surface area (Å²) in [7, 11) is 1.37. The number of esters is 1. The molecule has 1 unspecified atom stereocenters. The molecule has 1 aromatic rings. The number of methoxy groups -OCH3 is 1. The topological polar surface area (TPSA) is 59.1 Å². The number of nitrogens with zero attached hydrogens (tertiary/aromatic N) is 2. The summed E-state index contributed by atoms with van der Waals surface area (Å²) in [5.41, 5.74) is 1.58. The summed E-state index contributed by atoms with van der Waals surface area (Å²) in [5, 5.41) is 0.0314. The van der Waals surface area contributed by atoms with E-state index in [2.05, 4.69) is 4.90 Å². The first-order valence-electron chi connectivity index (χ1n) is 8.58. The smallest absolute Gasteiger partial charge is 0.337 e. The largest absolute Gasteiger partial charge is 0.465 e. The number of rotatable bonds is 6. The van der Waals surface area contributed by atoms with E-state index in [4.69, 9.17) is 9.47 Å². The molecular weight excluding hydrogens is 340 g/mol. The molecule has 7 heteroatoms. The number of hydrogen-bond donors (Lipinski definition) is 0. The van der Waals surface area contributed by atoms with Crippen LogP contribution in [0.4, 0.5) is 0 Å². The molecule has 2 fully saturated rings. The lowest BCUT2D eigenvalue weighted by molar-refractivity contribution is -0.128. The van der Waals surface area contributed by atoms with Crippen molar-refractivity contribution in [1.82, 2.24) is 9.80 Å². The molecule has 0 saturated carbocycles. The molecule has 0 aromatic heterocycles. The van der Waals surface area contributed by atoms with E-state index in [0.29, 0.717) is 11.3 Å². The van der Waals surface area contributed by atoms with Gasteiger partial charge in [0.15, 0.2) is 0 Å². The van der Waals surface area contributed by atoms with E-state index in [1.807, 2.05) is 17.0 Å². The number of morpholine rings is 1. The highest BCUT2D eigenvalue weighted by Crippen LogP contribution is 2.38. The lowest BCUT2D eigenvalue weighted by Crippen LogP contribution is -2.38. The van der Waals surface area contributed by atoms with Crippen LogP contribution in [0, 0.1) is 0 Å². The Labute approximate surface area is 152 Å². The lowest BCUT2D eigenvalue weighted by atomic mass is 10.1. The Balaban J connectivity index is 1.58. The van der Waals surface area contributed by atoms with Crippen molar-refractivity contribution in [2.45, 2.75) is 11.8 Å². The number of benzene rings is 1. The van der Waals surface area contributed by atoms with Crippen molar-refractivity contribution >= 4 is 23.6 Å². The standard InChI is InChI=1S/C18H24N2O4S/c1-23-18(22)15-5-3-14(4-6-15)17-20(16(21)13-25-17)8-2-7-19-9-11-24-12-10-19/h3-6,17H,2,7-13H2,1H3. The number of ether oxygens (including phenoxy) is 2. The first-order chi connectivity index (χ1) is 12.2. The van der Waals surface area contributed by atoms with Gasteiger partial charge in [-0.05, 0) is 24.1 Å². The number of carbonyl (C=O) groups excluding carboxylic acids is 2. The van der Waals surface area contributed by atoms with Gasteiger partial charge in [0.25, 0.3) is 0 Å². The molecule has 0 bridgehead atoms. The van der Waals surface area contributed by atoms with E-state index in [-0.39, 0.29) is 17.3 Å². The second kappa shape index (κ2) is 8.69. The van der Waals surface area contributed by atoms with Crippen molar-refractivity contribution in [2.75, 3.05) is 52.3 Å². The molecule has 2 saturated heterocycles. The third-order valence-corrected chi connectivity index (χ3v) is 5.82. The molecule has 25 heavy (non-hydrogen) atoms. The molecule has 0 N–H and O–H groups in total. The van der Waals surface area contributed by atoms with E-state index in [1.165, 1.54) is 7.11 Å². The Hall–Kier alpha value is -1.57. The van der Waals surface area contributed by atoms with Gasteiger partial charge in [0.05, 0.1) is 31.6 Å². The van der Waals surface area contributed by atoms with E-state index in [1.54, 1.807) is 23.9 Å². The van der Waals surface area contributed by atoms with Gasteiger partial charge in [0.2, 0.25) is 5.91 Å². The van der Waals surface area contributed by atoms with Crippen molar-refractivity contribution in [3.8, 4) is 0 Å². The number of hydrogen-bond acceptors (Lipinski definition) is 6. The predicted molar refractivity (Wildman–Crippen MR) is 96.6 cm³/mol. The van der Waals surface area contributed by atoms with Gasteiger partial charge in [-0.15, -0.1) is 11.8 Å². The Kier molecular flexibility index (Phi) is 6.34. The van der Waals surface area contributed by atoms with Crippen LogP contribution in [0.25, 0.3) is 0 Å². The van der Waals surface area contributed by atoms with Gasteiger partial charge < -0.3 is 14.4 Å². The molecule has 2 aliphatic heterocycles. The quantitative estimate of drug-likeness (QED) is 0.717. The SMILES string of the molecule is COC(=O)c1ccc(C2SCC(=O)N2CCCN2CCOCC2)cc1. The van der Waals surface area contributed by atoms with Gasteiger partial charge in [-0.3, -0.25) is 9.69 Å². The summed E-state index contributed by atoms with van der Waals surface area (Å²) in [6, 6.07) is 7.35. The molecule has 0 spiro atoms. The number of carbonyl (C=O) groups is 2. The number of thioether (sulfide) groups is 1. The van der Waals surface area contributed by atoms with Crippen LogP contribution in [0.1, 0.15) is 27.7 Å². The predicted octanol–water partition coefficient (Wildman–Crippen LogP) is 1.77. The summed E-state index contributed by atoms with van der Waals surface area (Å²) < 4.78 is 10.1. The summed E-state index contributed by atoms with van der Waals surface area (Å²) >= 11 is 1.64. The first-order valence-corrected chi connectivity index (χ1v) is 9.63. The van der Waals surface area contributed by atoms with Crippen LogP contribution < -0.4 is 0 Å². The molecule has 6 nitrogen and oxygen atoms in total. The van der Waals surface area contributed by atoms with Crippen LogP contribution >= 0.6 is 11.8 Å². The Morgan fingerprint density at radius 3 is 2.64 bits per heavy atom. The monoisotopic (exact) mass is 364 g/mol. The minimum atomic E-state index is -0.343. The van der Waals surface area contributed by atoms with E-state index in [0.717, 1.165) is 51.4 Å². The molecule has 2 heterocycles. The zero-order valence-electron chi connectivity index (χ0n) is 14.5. The van der Waals surface area contributed by atoms with Crippen LogP contribution in [0.15, 0.2) is 24.3 Å². The van der Waals surface area contributed by atoms with Crippen LogP contribution in [-0.4, -0.2) is 73.9 Å². The average Bonchev–Trinajstić information content (AvgIpc) is 3.03. The summed E-state index contributed by atoms with van der Waals surface area (Å²) in [6.07, 6.45) is 0.961. The maximum absolute atomic E-state index is 12.3. The van der Waals surface area contributed by atoms with Crippen molar-refractivity contribution < 1.29 is 19.1 Å². The normalized spacial score (nSPS) is 21.6. The highest BCUT2D eigenvalue weighted by atomic mass is 32.2. The fraction of sp³-hybridized carbons (Fsp3) is 0.556. The molecule has 136 valence electrons.